The van der Waals surface area contributed by atoms with E-state index in [-0.39, 0.29) is 0 Å². The van der Waals surface area contributed by atoms with Gasteiger partial charge in [-0.1, -0.05) is 23.2 Å². The van der Waals surface area contributed by atoms with Crippen LogP contribution in [0.1, 0.15) is 5.56 Å². The second-order valence-corrected chi connectivity index (χ2v) is 3.71. The Bertz CT molecular complexity index is 462. The fourth-order valence-electron chi connectivity index (χ4n) is 1.09. The SMILES string of the molecule is Cc1c(Cl)nc(-c2cccnc2)nc1Cl. The summed E-state index contributed by atoms with van der Waals surface area (Å²) >= 11 is 11.8. The fourth-order valence-corrected chi connectivity index (χ4v) is 1.48. The summed E-state index contributed by atoms with van der Waals surface area (Å²) < 4.78 is 0. The Morgan fingerprint density at radius 1 is 1.13 bits per heavy atom. The predicted molar refractivity (Wildman–Crippen MR) is 60.0 cm³/mol. The number of pyridine rings is 1. The molecule has 3 nitrogen and oxygen atoms in total. The summed E-state index contributed by atoms with van der Waals surface area (Å²) in [4.78, 5) is 12.2. The van der Waals surface area contributed by atoms with Crippen LogP contribution in [0, 0.1) is 6.92 Å². The summed E-state index contributed by atoms with van der Waals surface area (Å²) in [5.74, 6) is 0.490. The maximum Gasteiger partial charge on any atom is 0.164 e. The van der Waals surface area contributed by atoms with Gasteiger partial charge < -0.3 is 0 Å². The van der Waals surface area contributed by atoms with Gasteiger partial charge in [-0.15, -0.1) is 0 Å². The van der Waals surface area contributed by atoms with Crippen LogP contribution in [0.25, 0.3) is 11.4 Å². The van der Waals surface area contributed by atoms with Crippen molar-refractivity contribution in [2.24, 2.45) is 0 Å². The highest BCUT2D eigenvalue weighted by atomic mass is 35.5. The molecule has 5 heteroatoms. The minimum Gasteiger partial charge on any atom is -0.264 e. The van der Waals surface area contributed by atoms with Gasteiger partial charge in [-0.25, -0.2) is 9.97 Å². The molecule has 0 bridgehead atoms. The lowest BCUT2D eigenvalue weighted by molar-refractivity contribution is 1.13. The van der Waals surface area contributed by atoms with Gasteiger partial charge >= 0.3 is 0 Å². The largest absolute Gasteiger partial charge is 0.264 e. The van der Waals surface area contributed by atoms with E-state index in [4.69, 9.17) is 23.2 Å². The average molecular weight is 240 g/mol. The van der Waals surface area contributed by atoms with Crippen LogP contribution in [0.5, 0.6) is 0 Å². The third-order valence-electron chi connectivity index (χ3n) is 1.95. The molecule has 0 radical (unpaired) electrons. The Labute approximate surface area is 97.1 Å². The maximum atomic E-state index is 5.91. The normalized spacial score (nSPS) is 10.3. The van der Waals surface area contributed by atoms with Gasteiger partial charge in [0.2, 0.25) is 0 Å². The molecule has 0 saturated heterocycles. The van der Waals surface area contributed by atoms with E-state index < -0.39 is 0 Å². The van der Waals surface area contributed by atoms with Crippen LogP contribution in [0.4, 0.5) is 0 Å². The third kappa shape index (κ3) is 2.08. The summed E-state index contributed by atoms with van der Waals surface area (Å²) in [6.45, 7) is 1.78. The predicted octanol–water partition coefficient (Wildman–Crippen LogP) is 3.15. The van der Waals surface area contributed by atoms with Gasteiger partial charge in [0, 0.05) is 23.5 Å². The first-order valence-corrected chi connectivity index (χ1v) is 5.04. The van der Waals surface area contributed by atoms with Crippen LogP contribution in [0.2, 0.25) is 10.3 Å². The van der Waals surface area contributed by atoms with Crippen molar-refractivity contribution in [2.45, 2.75) is 6.92 Å². The Morgan fingerprint density at radius 2 is 1.80 bits per heavy atom. The van der Waals surface area contributed by atoms with Crippen molar-refractivity contribution in [1.29, 1.82) is 0 Å². The molecule has 2 aromatic heterocycles. The molecule has 0 amide bonds. The summed E-state index contributed by atoms with van der Waals surface area (Å²) in [7, 11) is 0. The van der Waals surface area contributed by atoms with Crippen LogP contribution in [0.3, 0.4) is 0 Å². The van der Waals surface area contributed by atoms with Gasteiger partial charge in [0.05, 0.1) is 0 Å². The lowest BCUT2D eigenvalue weighted by Crippen LogP contribution is -1.93. The van der Waals surface area contributed by atoms with Gasteiger partial charge in [-0.3, -0.25) is 4.98 Å². The molecule has 2 rings (SSSR count). The molecule has 0 saturated carbocycles. The van der Waals surface area contributed by atoms with Crippen molar-refractivity contribution < 1.29 is 0 Å². The highest BCUT2D eigenvalue weighted by Crippen LogP contribution is 2.23. The van der Waals surface area contributed by atoms with E-state index in [1.165, 1.54) is 0 Å². The zero-order valence-electron chi connectivity index (χ0n) is 7.91. The molecule has 0 spiro atoms. The molecular formula is C10H7Cl2N3. The lowest BCUT2D eigenvalue weighted by Gasteiger charge is -2.03. The summed E-state index contributed by atoms with van der Waals surface area (Å²) in [5, 5.41) is 0.739. The second-order valence-electron chi connectivity index (χ2n) is 3.00. The van der Waals surface area contributed by atoms with E-state index in [9.17, 15) is 0 Å². The Hall–Kier alpha value is -1.19. The monoisotopic (exact) mass is 239 g/mol. The van der Waals surface area contributed by atoms with Gasteiger partial charge in [0.15, 0.2) is 5.82 Å². The number of halogens is 2. The van der Waals surface area contributed by atoms with E-state index in [0.717, 1.165) is 5.56 Å². The second kappa shape index (κ2) is 4.13. The number of nitrogens with zero attached hydrogens (tertiary/aromatic N) is 3. The third-order valence-corrected chi connectivity index (χ3v) is 2.68. The van der Waals surface area contributed by atoms with E-state index in [1.54, 1.807) is 25.4 Å². The number of hydrogen-bond acceptors (Lipinski definition) is 3. The topological polar surface area (TPSA) is 38.7 Å². The zero-order valence-corrected chi connectivity index (χ0v) is 9.42. The zero-order chi connectivity index (χ0) is 10.8. The fraction of sp³-hybridized carbons (Fsp3) is 0.100. The molecule has 0 aliphatic rings. The number of hydrogen-bond donors (Lipinski definition) is 0. The first-order chi connectivity index (χ1) is 7.18. The lowest BCUT2D eigenvalue weighted by atomic mass is 10.2. The summed E-state index contributed by atoms with van der Waals surface area (Å²) in [6, 6.07) is 3.66. The minimum atomic E-state index is 0.369. The van der Waals surface area contributed by atoms with Crippen LogP contribution in [-0.2, 0) is 0 Å². The highest BCUT2D eigenvalue weighted by Gasteiger charge is 2.08. The van der Waals surface area contributed by atoms with E-state index >= 15 is 0 Å². The average Bonchev–Trinajstić information content (AvgIpc) is 2.26. The summed E-state index contributed by atoms with van der Waals surface area (Å²) in [6.07, 6.45) is 3.35. The standard InChI is InChI=1S/C10H7Cl2N3/c1-6-8(11)14-10(15-9(6)12)7-3-2-4-13-5-7/h2-5H,1H3. The molecule has 76 valence electrons. The molecule has 0 aromatic carbocycles. The molecule has 2 aromatic rings. The van der Waals surface area contributed by atoms with Crippen molar-refractivity contribution in [2.75, 3.05) is 0 Å². The molecule has 0 aliphatic heterocycles. The highest BCUT2D eigenvalue weighted by molar-refractivity contribution is 6.34. The van der Waals surface area contributed by atoms with Crippen LogP contribution in [0.15, 0.2) is 24.5 Å². The van der Waals surface area contributed by atoms with E-state index in [1.807, 2.05) is 6.07 Å². The summed E-state index contributed by atoms with van der Waals surface area (Å²) in [5.41, 5.74) is 1.48. The van der Waals surface area contributed by atoms with E-state index in [2.05, 4.69) is 15.0 Å². The van der Waals surface area contributed by atoms with Gasteiger partial charge in [-0.2, -0.15) is 0 Å². The van der Waals surface area contributed by atoms with Crippen molar-refractivity contribution >= 4 is 23.2 Å². The van der Waals surface area contributed by atoms with Crippen molar-refractivity contribution in [3.8, 4) is 11.4 Å². The van der Waals surface area contributed by atoms with Crippen LogP contribution >= 0.6 is 23.2 Å². The quantitative estimate of drug-likeness (QED) is 0.718. The van der Waals surface area contributed by atoms with Gasteiger partial charge in [0.25, 0.3) is 0 Å². The Balaban J connectivity index is 2.56. The number of aromatic nitrogens is 3. The number of rotatable bonds is 1. The molecule has 2 heterocycles. The van der Waals surface area contributed by atoms with Crippen molar-refractivity contribution in [3.05, 3.63) is 40.4 Å². The first kappa shape index (κ1) is 10.3. The van der Waals surface area contributed by atoms with Crippen molar-refractivity contribution in [1.82, 2.24) is 15.0 Å². The van der Waals surface area contributed by atoms with Crippen LogP contribution in [-0.4, -0.2) is 15.0 Å². The Kier molecular flexibility index (Phi) is 2.84. The maximum absolute atomic E-state index is 5.91. The molecule has 0 atom stereocenters. The molecule has 15 heavy (non-hydrogen) atoms. The molecule has 0 unspecified atom stereocenters. The Morgan fingerprint density at radius 3 is 2.33 bits per heavy atom. The smallest absolute Gasteiger partial charge is 0.164 e. The van der Waals surface area contributed by atoms with Gasteiger partial charge in [0.1, 0.15) is 10.3 Å². The van der Waals surface area contributed by atoms with Crippen molar-refractivity contribution in [3.63, 3.8) is 0 Å². The molecule has 0 N–H and O–H groups in total. The molecule has 0 aliphatic carbocycles. The first-order valence-electron chi connectivity index (χ1n) is 4.28. The molecular weight excluding hydrogens is 233 g/mol. The van der Waals surface area contributed by atoms with E-state index in [0.29, 0.717) is 21.7 Å². The minimum absolute atomic E-state index is 0.369. The molecule has 0 fully saturated rings. The van der Waals surface area contributed by atoms with Gasteiger partial charge in [-0.05, 0) is 19.1 Å². The van der Waals surface area contributed by atoms with Crippen LogP contribution < -0.4 is 0 Å².